The number of ether oxygens (including phenoxy) is 8. The van der Waals surface area contributed by atoms with E-state index in [1.807, 2.05) is 0 Å². The molecule has 0 unspecified atom stereocenters. The van der Waals surface area contributed by atoms with E-state index in [0.717, 1.165) is 38.5 Å². The second kappa shape index (κ2) is 16.9. The molecular formula is C43H70O18. The third-order valence-corrected chi connectivity index (χ3v) is 17.6. The second-order valence-corrected chi connectivity index (χ2v) is 20.9. The lowest BCUT2D eigenvalue weighted by molar-refractivity contribution is -0.377. The highest BCUT2D eigenvalue weighted by Gasteiger charge is 2.72. The van der Waals surface area contributed by atoms with Crippen molar-refractivity contribution < 1.29 is 89.0 Å². The van der Waals surface area contributed by atoms with Crippen molar-refractivity contribution in [2.75, 3.05) is 26.4 Å². The van der Waals surface area contributed by atoms with Gasteiger partial charge in [-0.1, -0.05) is 27.7 Å². The quantitative estimate of drug-likeness (QED) is 0.130. The molecule has 0 aromatic rings. The lowest BCUT2D eigenvalue weighted by Crippen LogP contribution is -2.65. The summed E-state index contributed by atoms with van der Waals surface area (Å²) in [5.74, 6) is 1.16. The normalized spacial score (nSPS) is 59.7. The molecule has 9 rings (SSSR count). The molecule has 18 nitrogen and oxygen atoms in total. The Kier molecular flexibility index (Phi) is 12.6. The molecule has 5 saturated heterocycles. The summed E-state index contributed by atoms with van der Waals surface area (Å²) in [7, 11) is 0. The van der Waals surface area contributed by atoms with Gasteiger partial charge >= 0.3 is 0 Å². The van der Waals surface area contributed by atoms with Crippen LogP contribution in [0.3, 0.4) is 0 Å². The van der Waals surface area contributed by atoms with E-state index in [4.69, 9.17) is 37.9 Å². The van der Waals surface area contributed by atoms with Crippen LogP contribution in [-0.2, 0) is 37.9 Å². The van der Waals surface area contributed by atoms with Crippen LogP contribution in [0.4, 0.5) is 0 Å². The van der Waals surface area contributed by atoms with Crippen LogP contribution in [0.2, 0.25) is 0 Å². The third kappa shape index (κ3) is 7.39. The molecule has 0 amide bonds. The third-order valence-electron chi connectivity index (χ3n) is 17.6. The molecule has 0 aromatic carbocycles. The van der Waals surface area contributed by atoms with Crippen molar-refractivity contribution in [3.8, 4) is 0 Å². The zero-order valence-electron chi connectivity index (χ0n) is 35.6. The predicted octanol–water partition coefficient (Wildman–Crippen LogP) is -1.51. The summed E-state index contributed by atoms with van der Waals surface area (Å²) in [5.41, 5.74) is -0.292. The maximum Gasteiger partial charge on any atom is 0.187 e. The first-order valence-electron chi connectivity index (χ1n) is 22.8. The molecule has 5 aliphatic heterocycles. The number of hydrogen-bond acceptors (Lipinski definition) is 18. The summed E-state index contributed by atoms with van der Waals surface area (Å²) >= 11 is 0. The summed E-state index contributed by atoms with van der Waals surface area (Å²) in [6.07, 6.45) is -15.9. The average molecular weight is 875 g/mol. The first-order chi connectivity index (χ1) is 28.9. The Hall–Kier alpha value is -0.720. The number of hydrogen-bond donors (Lipinski definition) is 10. The van der Waals surface area contributed by atoms with Gasteiger partial charge in [0, 0.05) is 18.3 Å². The summed E-state index contributed by atoms with van der Waals surface area (Å²) in [6.45, 7) is 8.36. The van der Waals surface area contributed by atoms with E-state index >= 15 is 0 Å². The topological polar surface area (TPSA) is 276 Å². The van der Waals surface area contributed by atoms with Crippen LogP contribution in [0.25, 0.3) is 0 Å². The van der Waals surface area contributed by atoms with Crippen LogP contribution in [0.5, 0.6) is 0 Å². The molecule has 0 radical (unpaired) electrons. The van der Waals surface area contributed by atoms with Gasteiger partial charge in [-0.05, 0) is 85.4 Å². The van der Waals surface area contributed by atoms with E-state index in [2.05, 4.69) is 27.7 Å². The van der Waals surface area contributed by atoms with Gasteiger partial charge in [0.2, 0.25) is 0 Å². The molecule has 10 N–H and O–H groups in total. The van der Waals surface area contributed by atoms with Crippen molar-refractivity contribution in [2.24, 2.45) is 52.3 Å². The molecule has 4 saturated carbocycles. The van der Waals surface area contributed by atoms with Crippen molar-refractivity contribution in [1.29, 1.82) is 0 Å². The van der Waals surface area contributed by atoms with E-state index in [9.17, 15) is 51.1 Å². The highest BCUT2D eigenvalue weighted by molar-refractivity contribution is 5.19. The van der Waals surface area contributed by atoms with Crippen LogP contribution in [0.15, 0.2) is 0 Å². The zero-order chi connectivity index (χ0) is 43.5. The highest BCUT2D eigenvalue weighted by atomic mass is 16.8. The van der Waals surface area contributed by atoms with E-state index in [1.54, 1.807) is 0 Å². The molecule has 0 bridgehead atoms. The second-order valence-electron chi connectivity index (χ2n) is 20.9. The fraction of sp³-hybridized carbons (Fsp3) is 1.00. The van der Waals surface area contributed by atoms with E-state index in [1.165, 1.54) is 0 Å². The van der Waals surface area contributed by atoms with Gasteiger partial charge in [-0.15, -0.1) is 0 Å². The van der Waals surface area contributed by atoms with Crippen LogP contribution >= 0.6 is 0 Å². The molecule has 9 aliphatic rings. The Bertz CT molecular complexity index is 1540. The molecular weight excluding hydrogens is 804 g/mol. The summed E-state index contributed by atoms with van der Waals surface area (Å²) < 4.78 is 48.1. The summed E-state index contributed by atoms with van der Waals surface area (Å²) in [6, 6.07) is 0. The molecule has 61 heavy (non-hydrogen) atoms. The molecule has 18 heteroatoms. The predicted molar refractivity (Wildman–Crippen MR) is 206 cm³/mol. The molecule has 0 aromatic heterocycles. The standard InChI is InChI=1S/C43H70O18/c1-17-7-10-43(56-14-17)18(2)27-36(61-43)32(50)28-20-6-5-19-11-24(22(45)12-42(19,4)21(20)8-9-41(27,28)3)57-38-35(53)31(49)26(16-55-38)59-40-37(33(51)30(48)25(13-44)58-40)60-39-34(52)29(47)23(46)15-54-39/h17-40,44-53H,5-16H2,1-4H3/t17-,18+,19+,20-,21+,22-,23+,24-,25-,26+,27+,28-,29+,30-,31+,32+,33+,34-,35-,36-,37-,38+,39+,40+,41-,42+,43-/m1/s1. The number of aliphatic hydroxyl groups is 10. The van der Waals surface area contributed by atoms with Crippen molar-refractivity contribution in [3.63, 3.8) is 0 Å². The Morgan fingerprint density at radius 1 is 0.623 bits per heavy atom. The minimum absolute atomic E-state index is 0.0847. The van der Waals surface area contributed by atoms with Crippen LogP contribution in [0.1, 0.15) is 79.1 Å². The Balaban J connectivity index is 0.829. The van der Waals surface area contributed by atoms with Crippen LogP contribution in [0, 0.1) is 52.3 Å². The SMILES string of the molecule is C[C@@H]1CC[C@@]2(OC1)O[C@H]1[C@@H](O)[C@H]3[C@@H]4CC[C@H]5C[C@@H](O[C@@H]6OC[C@H](O[C@@H]7O[C@H](CO)[C@@H](O)[C@H](O)[C@H]7O[C@@H]7OC[C@H](O)[C@H](O)[C@H]7O)[C@H](O)[C@H]6O)[C@H](O)C[C@]5(C)[C@H]4CC[C@]3(C)[C@H]1[C@@H]2C. The Morgan fingerprint density at radius 3 is 2.05 bits per heavy atom. The maximum absolute atomic E-state index is 12.2. The van der Waals surface area contributed by atoms with Crippen LogP contribution < -0.4 is 0 Å². The van der Waals surface area contributed by atoms with Crippen molar-refractivity contribution in [1.82, 2.24) is 0 Å². The average Bonchev–Trinajstić information content (AvgIpc) is 3.64. The van der Waals surface area contributed by atoms with Gasteiger partial charge < -0.3 is 89.0 Å². The summed E-state index contributed by atoms with van der Waals surface area (Å²) in [5, 5.41) is 108. The van der Waals surface area contributed by atoms with Gasteiger partial charge in [0.1, 0.15) is 61.0 Å². The highest BCUT2D eigenvalue weighted by Crippen LogP contribution is 2.71. The molecule has 4 aliphatic carbocycles. The molecule has 27 atom stereocenters. The van der Waals surface area contributed by atoms with Gasteiger partial charge in [0.15, 0.2) is 24.7 Å². The number of aliphatic hydroxyl groups excluding tert-OH is 10. The van der Waals surface area contributed by atoms with E-state index in [-0.39, 0.29) is 53.1 Å². The molecule has 1 spiro atoms. The van der Waals surface area contributed by atoms with Gasteiger partial charge in [0.25, 0.3) is 0 Å². The number of rotatable bonds is 7. The molecule has 350 valence electrons. The maximum atomic E-state index is 12.2. The Morgan fingerprint density at radius 2 is 1.33 bits per heavy atom. The smallest absolute Gasteiger partial charge is 0.187 e. The minimum Gasteiger partial charge on any atom is -0.394 e. The fourth-order valence-corrected chi connectivity index (χ4v) is 14.2. The summed E-state index contributed by atoms with van der Waals surface area (Å²) in [4.78, 5) is 0. The molecule has 5 heterocycles. The lowest BCUT2D eigenvalue weighted by atomic mass is 9.44. The first kappa shape index (κ1) is 45.4. The monoisotopic (exact) mass is 874 g/mol. The van der Waals surface area contributed by atoms with Gasteiger partial charge in [-0.25, -0.2) is 0 Å². The van der Waals surface area contributed by atoms with Gasteiger partial charge in [-0.3, -0.25) is 0 Å². The van der Waals surface area contributed by atoms with Gasteiger partial charge in [-0.2, -0.15) is 0 Å². The minimum atomic E-state index is -1.77. The lowest BCUT2D eigenvalue weighted by Gasteiger charge is -2.62. The zero-order valence-corrected chi connectivity index (χ0v) is 35.6. The van der Waals surface area contributed by atoms with E-state index < -0.39 is 117 Å². The molecule has 9 fully saturated rings. The number of fused-ring (bicyclic) bond motifs is 7. The fourth-order valence-electron chi connectivity index (χ4n) is 14.2. The largest absolute Gasteiger partial charge is 0.394 e. The van der Waals surface area contributed by atoms with E-state index in [0.29, 0.717) is 31.3 Å². The van der Waals surface area contributed by atoms with Crippen LogP contribution in [-0.4, -0.2) is 188 Å². The first-order valence-corrected chi connectivity index (χ1v) is 22.8. The van der Waals surface area contributed by atoms with Gasteiger partial charge in [0.05, 0.1) is 50.8 Å². The Labute approximate surface area is 356 Å². The van der Waals surface area contributed by atoms with Crippen molar-refractivity contribution in [2.45, 2.75) is 189 Å². The van der Waals surface area contributed by atoms with Crippen molar-refractivity contribution >= 4 is 0 Å². The van der Waals surface area contributed by atoms with Crippen molar-refractivity contribution in [3.05, 3.63) is 0 Å².